The molecular weight excluding hydrogens is 534 g/mol. The lowest BCUT2D eigenvalue weighted by Gasteiger charge is -2.31. The van der Waals surface area contributed by atoms with Crippen LogP contribution in [-0.2, 0) is 19.2 Å². The minimum atomic E-state index is -1.24. The van der Waals surface area contributed by atoms with Crippen LogP contribution in [0.4, 0.5) is 0 Å². The lowest BCUT2D eigenvalue weighted by atomic mass is 10.0. The van der Waals surface area contributed by atoms with Crippen molar-refractivity contribution in [2.45, 2.75) is 51.2 Å². The van der Waals surface area contributed by atoms with E-state index in [0.717, 1.165) is 0 Å². The highest BCUT2D eigenvalue weighted by molar-refractivity contribution is 6.01. The molecule has 3 atom stereocenters. The van der Waals surface area contributed by atoms with Crippen molar-refractivity contribution in [2.75, 3.05) is 20.8 Å². The Morgan fingerprint density at radius 2 is 1.71 bits per heavy atom. The van der Waals surface area contributed by atoms with Gasteiger partial charge >= 0.3 is 5.97 Å². The number of ether oxygens (including phenoxy) is 3. The molecule has 0 spiro atoms. The second kappa shape index (κ2) is 14.1. The van der Waals surface area contributed by atoms with E-state index >= 15 is 0 Å². The predicted molar refractivity (Wildman–Crippen MR) is 147 cm³/mol. The summed E-state index contributed by atoms with van der Waals surface area (Å²) in [5.41, 5.74) is 0.129. The van der Waals surface area contributed by atoms with Crippen LogP contribution in [0, 0.1) is 5.92 Å². The van der Waals surface area contributed by atoms with Gasteiger partial charge in [-0.2, -0.15) is 0 Å². The monoisotopic (exact) mass is 569 g/mol. The van der Waals surface area contributed by atoms with Gasteiger partial charge in [0, 0.05) is 12.6 Å². The molecule has 0 saturated carbocycles. The van der Waals surface area contributed by atoms with E-state index in [0.29, 0.717) is 36.4 Å². The number of aldehydes is 1. The molecule has 1 aliphatic heterocycles. The van der Waals surface area contributed by atoms with E-state index in [2.05, 4.69) is 10.6 Å². The Balaban J connectivity index is 1.82. The molecule has 2 aromatic rings. The minimum absolute atomic E-state index is 0.129. The maximum Gasteiger partial charge on any atom is 0.305 e. The number of nitrogens with zero attached hydrogens (tertiary/aromatic N) is 1. The quantitative estimate of drug-likeness (QED) is 0.308. The van der Waals surface area contributed by atoms with Gasteiger partial charge in [0.2, 0.25) is 11.8 Å². The van der Waals surface area contributed by atoms with E-state index < -0.39 is 48.2 Å². The lowest BCUT2D eigenvalue weighted by molar-refractivity contribution is -0.142. The van der Waals surface area contributed by atoms with E-state index in [9.17, 15) is 24.0 Å². The predicted octanol–water partition coefficient (Wildman–Crippen LogP) is 2.40. The maximum atomic E-state index is 13.7. The van der Waals surface area contributed by atoms with E-state index in [4.69, 9.17) is 19.3 Å². The van der Waals surface area contributed by atoms with E-state index in [1.165, 1.54) is 25.2 Å². The van der Waals surface area contributed by atoms with Crippen LogP contribution in [-0.4, -0.2) is 78.9 Å². The van der Waals surface area contributed by atoms with Crippen molar-refractivity contribution < 1.29 is 43.3 Å². The first-order valence-corrected chi connectivity index (χ1v) is 13.2. The van der Waals surface area contributed by atoms with Crippen molar-refractivity contribution in [3.8, 4) is 23.0 Å². The number of nitrogens with one attached hydrogen (secondary N) is 2. The summed E-state index contributed by atoms with van der Waals surface area (Å²) in [6.45, 7) is 3.80. The van der Waals surface area contributed by atoms with Crippen LogP contribution >= 0.6 is 0 Å². The molecule has 1 saturated heterocycles. The van der Waals surface area contributed by atoms with Crippen LogP contribution in [0.5, 0.6) is 23.0 Å². The smallest absolute Gasteiger partial charge is 0.305 e. The Morgan fingerprint density at radius 3 is 2.34 bits per heavy atom. The zero-order chi connectivity index (χ0) is 30.1. The summed E-state index contributed by atoms with van der Waals surface area (Å²) in [6.07, 6.45) is 0.649. The van der Waals surface area contributed by atoms with Crippen molar-refractivity contribution in [2.24, 2.45) is 5.92 Å². The molecule has 0 aromatic heterocycles. The molecule has 3 rings (SSSR count). The van der Waals surface area contributed by atoms with Gasteiger partial charge in [-0.05, 0) is 49.1 Å². The number of hydrogen-bond acceptors (Lipinski definition) is 8. The molecule has 0 radical (unpaired) electrons. The van der Waals surface area contributed by atoms with Gasteiger partial charge in [-0.1, -0.05) is 19.9 Å². The molecule has 3 N–H and O–H groups in total. The van der Waals surface area contributed by atoms with Gasteiger partial charge in [0.05, 0.1) is 32.2 Å². The molecule has 2 aromatic carbocycles. The molecule has 3 amide bonds. The summed E-state index contributed by atoms with van der Waals surface area (Å²) in [6, 6.07) is 8.48. The SMILES string of the molecule is COc1cccc(Oc2ccc(OC)cc2C(=O)NC(C(=O)N2CCC[C@H]2C(=O)N[C@H](C=O)CC(=O)O)C(C)C)c1. The molecule has 41 heavy (non-hydrogen) atoms. The zero-order valence-electron chi connectivity index (χ0n) is 23.4. The fourth-order valence-corrected chi connectivity index (χ4v) is 4.51. The van der Waals surface area contributed by atoms with Gasteiger partial charge in [-0.3, -0.25) is 19.2 Å². The second-order valence-electron chi connectivity index (χ2n) is 9.88. The number of carboxylic acids is 1. The van der Waals surface area contributed by atoms with Crippen LogP contribution in [0.1, 0.15) is 43.5 Å². The molecule has 12 heteroatoms. The zero-order valence-corrected chi connectivity index (χ0v) is 23.4. The summed E-state index contributed by atoms with van der Waals surface area (Å²) in [7, 11) is 2.99. The first-order valence-electron chi connectivity index (χ1n) is 13.2. The molecule has 220 valence electrons. The van der Waals surface area contributed by atoms with Crippen molar-refractivity contribution in [1.29, 1.82) is 0 Å². The molecule has 1 heterocycles. The number of carbonyl (C=O) groups is 5. The molecule has 12 nitrogen and oxygen atoms in total. The number of methoxy groups -OCH3 is 2. The number of carbonyl (C=O) groups excluding carboxylic acids is 4. The third-order valence-corrected chi connectivity index (χ3v) is 6.64. The number of rotatable bonds is 13. The van der Waals surface area contributed by atoms with Crippen molar-refractivity contribution in [1.82, 2.24) is 15.5 Å². The Bertz CT molecular complexity index is 1280. The Hall–Kier alpha value is -4.61. The first kappa shape index (κ1) is 30.9. The first-order chi connectivity index (χ1) is 19.6. The Morgan fingerprint density at radius 1 is 1.02 bits per heavy atom. The highest BCUT2D eigenvalue weighted by Crippen LogP contribution is 2.31. The van der Waals surface area contributed by atoms with Crippen LogP contribution < -0.4 is 24.8 Å². The third kappa shape index (κ3) is 7.96. The van der Waals surface area contributed by atoms with Crippen molar-refractivity contribution in [3.05, 3.63) is 48.0 Å². The summed E-state index contributed by atoms with van der Waals surface area (Å²) in [5.74, 6) is -1.63. The van der Waals surface area contributed by atoms with Crippen LogP contribution in [0.25, 0.3) is 0 Å². The van der Waals surface area contributed by atoms with E-state index in [1.54, 1.807) is 50.2 Å². The van der Waals surface area contributed by atoms with E-state index in [1.807, 2.05) is 0 Å². The lowest BCUT2D eigenvalue weighted by Crippen LogP contribution is -2.56. The fraction of sp³-hybridized carbons (Fsp3) is 0.414. The van der Waals surface area contributed by atoms with Crippen molar-refractivity contribution in [3.63, 3.8) is 0 Å². The highest BCUT2D eigenvalue weighted by atomic mass is 16.5. The molecule has 0 aliphatic carbocycles. The number of aliphatic carboxylic acids is 1. The van der Waals surface area contributed by atoms with Gasteiger partial charge < -0.3 is 39.6 Å². The molecule has 1 fully saturated rings. The number of carboxylic acid groups (broad SMARTS) is 1. The summed E-state index contributed by atoms with van der Waals surface area (Å²) in [4.78, 5) is 63.7. The van der Waals surface area contributed by atoms with Crippen molar-refractivity contribution >= 4 is 30.0 Å². The molecule has 1 aliphatic rings. The Kier molecular flexibility index (Phi) is 10.7. The van der Waals surface area contributed by atoms with Gasteiger partial charge in [0.15, 0.2) is 0 Å². The standard InChI is InChI=1S/C29H35N3O9/c1-17(2)26(29(38)32-12-6-9-23(32)28(37)30-18(16-33)13-25(34)35)31-27(36)22-15-20(40-4)10-11-24(22)41-21-8-5-7-19(14-21)39-3/h5,7-8,10-11,14-18,23,26H,6,9,12-13H2,1-4H3,(H,30,37)(H,31,36)(H,34,35)/t18-,23-,26?/m0/s1. The second-order valence-corrected chi connectivity index (χ2v) is 9.88. The molecule has 0 bridgehead atoms. The molecular formula is C29H35N3O9. The highest BCUT2D eigenvalue weighted by Gasteiger charge is 2.39. The normalized spacial score (nSPS) is 15.9. The number of benzene rings is 2. The average molecular weight is 570 g/mol. The minimum Gasteiger partial charge on any atom is -0.497 e. The number of hydrogen-bond donors (Lipinski definition) is 3. The summed E-state index contributed by atoms with van der Waals surface area (Å²) < 4.78 is 16.5. The third-order valence-electron chi connectivity index (χ3n) is 6.64. The van der Waals surface area contributed by atoms with Crippen LogP contribution in [0.2, 0.25) is 0 Å². The average Bonchev–Trinajstić information content (AvgIpc) is 3.45. The molecule has 1 unspecified atom stereocenters. The summed E-state index contributed by atoms with van der Waals surface area (Å²) >= 11 is 0. The van der Waals surface area contributed by atoms with Gasteiger partial charge in [-0.25, -0.2) is 0 Å². The van der Waals surface area contributed by atoms with Gasteiger partial charge in [0.1, 0.15) is 41.4 Å². The topological polar surface area (TPSA) is 161 Å². The largest absolute Gasteiger partial charge is 0.497 e. The maximum absolute atomic E-state index is 13.7. The van der Waals surface area contributed by atoms with Crippen LogP contribution in [0.3, 0.4) is 0 Å². The van der Waals surface area contributed by atoms with Gasteiger partial charge in [0.25, 0.3) is 5.91 Å². The van der Waals surface area contributed by atoms with Crippen LogP contribution in [0.15, 0.2) is 42.5 Å². The number of amides is 3. The Labute approximate surface area is 237 Å². The fourth-order valence-electron chi connectivity index (χ4n) is 4.51. The van der Waals surface area contributed by atoms with Gasteiger partial charge in [-0.15, -0.1) is 0 Å². The van der Waals surface area contributed by atoms with E-state index in [-0.39, 0.29) is 23.8 Å². The summed E-state index contributed by atoms with van der Waals surface area (Å²) in [5, 5.41) is 14.2. The number of likely N-dealkylation sites (tertiary alicyclic amines) is 1.